The highest BCUT2D eigenvalue weighted by Crippen LogP contribution is 2.26. The van der Waals surface area contributed by atoms with E-state index in [1.807, 2.05) is 0 Å². The van der Waals surface area contributed by atoms with Crippen molar-refractivity contribution in [3.05, 3.63) is 0 Å². The fourth-order valence-electron chi connectivity index (χ4n) is 2.97. The van der Waals surface area contributed by atoms with Crippen molar-refractivity contribution in [2.45, 2.75) is 71.3 Å². The van der Waals surface area contributed by atoms with Crippen molar-refractivity contribution in [3.8, 4) is 0 Å². The molecule has 1 aliphatic rings. The highest BCUT2D eigenvalue weighted by molar-refractivity contribution is 4.75. The van der Waals surface area contributed by atoms with Crippen LogP contribution < -0.4 is 5.32 Å². The third-order valence-corrected chi connectivity index (χ3v) is 4.16. The standard InChI is InChI=1S/C15H31NO/c1-3-5-14-6-4-7-15(9-8-14)16-12-13(2)10-11-17/h13-17H,3-12H2,1-2H3. The van der Waals surface area contributed by atoms with Gasteiger partial charge in [0.1, 0.15) is 0 Å². The van der Waals surface area contributed by atoms with Gasteiger partial charge in [0.25, 0.3) is 0 Å². The molecule has 0 spiro atoms. The molecule has 0 aromatic heterocycles. The quantitative estimate of drug-likeness (QED) is 0.670. The van der Waals surface area contributed by atoms with Crippen LogP contribution in [0.5, 0.6) is 0 Å². The molecule has 2 heteroatoms. The molecule has 17 heavy (non-hydrogen) atoms. The first-order chi connectivity index (χ1) is 8.26. The summed E-state index contributed by atoms with van der Waals surface area (Å²) in [7, 11) is 0. The van der Waals surface area contributed by atoms with Gasteiger partial charge in [0.05, 0.1) is 0 Å². The Balaban J connectivity index is 2.17. The van der Waals surface area contributed by atoms with E-state index in [-0.39, 0.29) is 0 Å². The Morgan fingerprint density at radius 2 is 2.06 bits per heavy atom. The molecule has 1 rings (SSSR count). The van der Waals surface area contributed by atoms with Crippen LogP contribution in [0.4, 0.5) is 0 Å². The number of hydrogen-bond donors (Lipinski definition) is 2. The number of aliphatic hydroxyl groups excluding tert-OH is 1. The monoisotopic (exact) mass is 241 g/mol. The summed E-state index contributed by atoms with van der Waals surface area (Å²) < 4.78 is 0. The first-order valence-corrected chi connectivity index (χ1v) is 7.60. The molecule has 0 saturated heterocycles. The Kier molecular flexibility index (Phi) is 7.87. The molecule has 2 N–H and O–H groups in total. The Morgan fingerprint density at radius 1 is 1.24 bits per heavy atom. The molecule has 1 saturated carbocycles. The molecule has 0 bridgehead atoms. The van der Waals surface area contributed by atoms with Crippen molar-refractivity contribution >= 4 is 0 Å². The lowest BCUT2D eigenvalue weighted by Gasteiger charge is -2.19. The Bertz CT molecular complexity index is 184. The van der Waals surface area contributed by atoms with Gasteiger partial charge >= 0.3 is 0 Å². The molecular weight excluding hydrogens is 210 g/mol. The summed E-state index contributed by atoms with van der Waals surface area (Å²) in [6.07, 6.45) is 10.7. The summed E-state index contributed by atoms with van der Waals surface area (Å²) in [5, 5.41) is 12.6. The van der Waals surface area contributed by atoms with Crippen molar-refractivity contribution in [3.63, 3.8) is 0 Å². The number of hydrogen-bond acceptors (Lipinski definition) is 2. The van der Waals surface area contributed by atoms with E-state index in [4.69, 9.17) is 5.11 Å². The van der Waals surface area contributed by atoms with Gasteiger partial charge in [-0.25, -0.2) is 0 Å². The lowest BCUT2D eigenvalue weighted by Crippen LogP contribution is -2.32. The predicted molar refractivity (Wildman–Crippen MR) is 74.1 cm³/mol. The largest absolute Gasteiger partial charge is 0.396 e. The maximum atomic E-state index is 8.88. The van der Waals surface area contributed by atoms with E-state index in [0.29, 0.717) is 12.5 Å². The number of nitrogens with one attached hydrogen (secondary N) is 1. The molecular formula is C15H31NO. The highest BCUT2D eigenvalue weighted by Gasteiger charge is 2.18. The van der Waals surface area contributed by atoms with Crippen LogP contribution in [0.15, 0.2) is 0 Å². The van der Waals surface area contributed by atoms with Crippen molar-refractivity contribution in [2.24, 2.45) is 11.8 Å². The van der Waals surface area contributed by atoms with Crippen molar-refractivity contribution in [2.75, 3.05) is 13.2 Å². The second-order valence-corrected chi connectivity index (χ2v) is 5.89. The highest BCUT2D eigenvalue weighted by atomic mass is 16.3. The lowest BCUT2D eigenvalue weighted by atomic mass is 9.95. The van der Waals surface area contributed by atoms with E-state index < -0.39 is 0 Å². The van der Waals surface area contributed by atoms with Crippen LogP contribution in [0.25, 0.3) is 0 Å². The molecule has 102 valence electrons. The van der Waals surface area contributed by atoms with Gasteiger partial charge in [-0.15, -0.1) is 0 Å². The van der Waals surface area contributed by atoms with E-state index in [1.54, 1.807) is 0 Å². The van der Waals surface area contributed by atoms with Crippen molar-refractivity contribution in [1.82, 2.24) is 5.32 Å². The summed E-state index contributed by atoms with van der Waals surface area (Å²) in [5.74, 6) is 1.59. The number of rotatable bonds is 7. The molecule has 3 unspecified atom stereocenters. The van der Waals surface area contributed by atoms with Crippen LogP contribution in [-0.4, -0.2) is 24.3 Å². The van der Waals surface area contributed by atoms with Crippen molar-refractivity contribution in [1.29, 1.82) is 0 Å². The third kappa shape index (κ3) is 6.42. The lowest BCUT2D eigenvalue weighted by molar-refractivity contribution is 0.256. The van der Waals surface area contributed by atoms with E-state index in [0.717, 1.165) is 24.9 Å². The average Bonchev–Trinajstić information content (AvgIpc) is 2.53. The summed E-state index contributed by atoms with van der Waals surface area (Å²) >= 11 is 0. The topological polar surface area (TPSA) is 32.3 Å². The summed E-state index contributed by atoms with van der Waals surface area (Å²) in [6, 6.07) is 0.734. The second kappa shape index (κ2) is 8.93. The minimum atomic E-state index is 0.325. The van der Waals surface area contributed by atoms with E-state index >= 15 is 0 Å². The summed E-state index contributed by atoms with van der Waals surface area (Å²) in [6.45, 7) is 5.92. The Labute approximate surface area is 107 Å². The summed E-state index contributed by atoms with van der Waals surface area (Å²) in [4.78, 5) is 0. The van der Waals surface area contributed by atoms with E-state index in [9.17, 15) is 0 Å². The zero-order chi connectivity index (χ0) is 12.5. The first kappa shape index (κ1) is 15.0. The van der Waals surface area contributed by atoms with Crippen LogP contribution >= 0.6 is 0 Å². The van der Waals surface area contributed by atoms with Gasteiger partial charge in [-0.3, -0.25) is 0 Å². The second-order valence-electron chi connectivity index (χ2n) is 5.89. The first-order valence-electron chi connectivity index (χ1n) is 7.60. The van der Waals surface area contributed by atoms with Gasteiger partial charge in [-0.2, -0.15) is 0 Å². The Morgan fingerprint density at radius 3 is 2.76 bits per heavy atom. The smallest absolute Gasteiger partial charge is 0.0434 e. The van der Waals surface area contributed by atoms with Gasteiger partial charge in [0.15, 0.2) is 0 Å². The predicted octanol–water partition coefficient (Wildman–Crippen LogP) is 3.34. The SMILES string of the molecule is CCCC1CCCC(NCC(C)CCO)CC1. The molecule has 1 aliphatic carbocycles. The summed E-state index contributed by atoms with van der Waals surface area (Å²) in [5.41, 5.74) is 0. The van der Waals surface area contributed by atoms with Crippen LogP contribution in [0, 0.1) is 11.8 Å². The zero-order valence-electron chi connectivity index (χ0n) is 11.8. The van der Waals surface area contributed by atoms with E-state index in [1.165, 1.54) is 44.9 Å². The molecule has 1 fully saturated rings. The van der Waals surface area contributed by atoms with Crippen molar-refractivity contribution < 1.29 is 5.11 Å². The van der Waals surface area contributed by atoms with Gasteiger partial charge in [0.2, 0.25) is 0 Å². The average molecular weight is 241 g/mol. The molecule has 0 amide bonds. The molecule has 0 radical (unpaired) electrons. The van der Waals surface area contributed by atoms with Crippen LogP contribution in [0.2, 0.25) is 0 Å². The van der Waals surface area contributed by atoms with Crippen LogP contribution in [0.3, 0.4) is 0 Å². The van der Waals surface area contributed by atoms with Crippen LogP contribution in [0.1, 0.15) is 65.2 Å². The minimum absolute atomic E-state index is 0.325. The normalized spacial score (nSPS) is 27.7. The molecule has 2 nitrogen and oxygen atoms in total. The van der Waals surface area contributed by atoms with Gasteiger partial charge < -0.3 is 10.4 Å². The van der Waals surface area contributed by atoms with E-state index in [2.05, 4.69) is 19.2 Å². The third-order valence-electron chi connectivity index (χ3n) is 4.16. The fraction of sp³-hybridized carbons (Fsp3) is 1.00. The maximum absolute atomic E-state index is 8.88. The van der Waals surface area contributed by atoms with Gasteiger partial charge in [0, 0.05) is 12.6 Å². The van der Waals surface area contributed by atoms with Gasteiger partial charge in [-0.05, 0) is 44.1 Å². The molecule has 3 atom stereocenters. The maximum Gasteiger partial charge on any atom is 0.0434 e. The molecule has 0 heterocycles. The Hall–Kier alpha value is -0.0800. The van der Waals surface area contributed by atoms with Gasteiger partial charge in [-0.1, -0.05) is 39.5 Å². The zero-order valence-corrected chi connectivity index (χ0v) is 11.8. The minimum Gasteiger partial charge on any atom is -0.396 e. The molecule has 0 aromatic carbocycles. The fourth-order valence-corrected chi connectivity index (χ4v) is 2.97. The number of aliphatic hydroxyl groups is 1. The van der Waals surface area contributed by atoms with Crippen LogP contribution in [-0.2, 0) is 0 Å². The molecule has 0 aliphatic heterocycles. The molecule has 0 aromatic rings.